The van der Waals surface area contributed by atoms with Crippen molar-refractivity contribution in [2.45, 2.75) is 406 Å². The molecule has 0 bridgehead atoms. The van der Waals surface area contributed by atoms with Crippen LogP contribution in [0.1, 0.15) is 462 Å². The van der Waals surface area contributed by atoms with Crippen LogP contribution in [0.2, 0.25) is 0 Å². The van der Waals surface area contributed by atoms with E-state index in [2.05, 4.69) is 213 Å². The van der Waals surface area contributed by atoms with E-state index in [4.69, 9.17) is 29.4 Å². The second-order valence-corrected chi connectivity index (χ2v) is 46.5. The monoisotopic (exact) mass is 1750 g/mol. The summed E-state index contributed by atoms with van der Waals surface area (Å²) >= 11 is 0. The first-order valence-electron chi connectivity index (χ1n) is 52.3. The third-order valence-corrected chi connectivity index (χ3v) is 34.1. The number of aromatic nitrogens is 2. The standard InChI is InChI=1S/2C58H88N2O2.Co/c2*1-13-62-57(61)53-52(47-28-20-16-24-43(47)37(6)7)56(60-54(53)48-29-21-17-25-44(48)38(8)9)51(39-30-32-40(33-31-39)58(10,11)12)55-49(45-26-18-14-22-41(45)35(2)3)34-50(59-55)46-27-19-15-23-42(46)36(4)5;/h2*30-38,41-48H,13-29H2,1-12H3,(H,59,60,61);/q;;+2/p-2. The predicted octanol–water partition coefficient (Wildman–Crippen LogP) is 31.8. The summed E-state index contributed by atoms with van der Waals surface area (Å²) in [4.78, 5) is 54.4. The normalized spacial score (nSPS) is 29.5. The Morgan fingerprint density at radius 2 is 0.720 bits per heavy atom. The second kappa shape index (κ2) is 43.4. The zero-order valence-corrected chi connectivity index (χ0v) is 84.5. The second-order valence-electron chi connectivity index (χ2n) is 46.5. The average molecular weight is 1750 g/mol. The molecular weight excluding hydrogens is 1570 g/mol. The first-order valence-corrected chi connectivity index (χ1v) is 52.3. The van der Waals surface area contributed by atoms with Crippen LogP contribution in [0, 0.1) is 118 Å². The van der Waals surface area contributed by atoms with E-state index in [-0.39, 0.29) is 63.2 Å². The molecule has 9 heteroatoms. The summed E-state index contributed by atoms with van der Waals surface area (Å²) in [6, 6.07) is 21.7. The van der Waals surface area contributed by atoms with Gasteiger partial charge >= 0.3 is 28.7 Å². The Labute approximate surface area is 773 Å². The van der Waals surface area contributed by atoms with Crippen molar-refractivity contribution in [2.75, 3.05) is 13.2 Å². The molecule has 2 aliphatic heterocycles. The van der Waals surface area contributed by atoms with Gasteiger partial charge in [-0.15, -0.1) is 17.1 Å². The molecule has 8 nitrogen and oxygen atoms in total. The summed E-state index contributed by atoms with van der Waals surface area (Å²) in [7, 11) is 0. The number of carbonyl (C=O) groups is 2. The minimum Gasteiger partial charge on any atom is -0.660 e. The van der Waals surface area contributed by atoms with E-state index in [0.29, 0.717) is 132 Å². The number of rotatable bonds is 24. The topological polar surface area (TPSA) is 106 Å². The molecule has 2 aromatic heterocycles. The molecule has 14 rings (SSSR count). The van der Waals surface area contributed by atoms with Crippen LogP contribution in [-0.2, 0) is 41.9 Å². The third kappa shape index (κ3) is 21.8. The molecule has 1 radical (unpaired) electrons. The SMILES string of the molecule is CCOC(=O)C1=C(C2CCCCC2C(C)C)/C(=C(\c2ccc(C(C)(C)C)cc2)c2[n-]c(C3CCCCC3C(C)C)cc2C2CCCCC2C(C)C)N=C1C1CCCCC1C(C)C.CCOC(=O)c1c(C2CCCCC2C(C)C)[n-]c(/C(=C2\N=C(C3CCCCC3C(C)C)C=C2C2CCCCC2C(C)C)c2ccc(C(C)(C)C)cc2)c1C1CCCCC1C(C)C.[Co+2]. The van der Waals surface area contributed by atoms with Crippen LogP contribution < -0.4 is 9.97 Å². The Bertz CT molecular complexity index is 4420. The predicted molar refractivity (Wildman–Crippen MR) is 524 cm³/mol. The average Bonchev–Trinajstić information content (AvgIpc) is 1.58. The van der Waals surface area contributed by atoms with Crippen LogP contribution in [0.25, 0.3) is 11.1 Å². The molecule has 691 valence electrons. The van der Waals surface area contributed by atoms with E-state index in [0.717, 1.165) is 59.6 Å². The summed E-state index contributed by atoms with van der Waals surface area (Å²) in [5, 5.41) is 0. The van der Waals surface area contributed by atoms with E-state index in [1.165, 1.54) is 258 Å². The van der Waals surface area contributed by atoms with Gasteiger partial charge in [0.15, 0.2) is 0 Å². The van der Waals surface area contributed by atoms with Crippen LogP contribution in [0.5, 0.6) is 0 Å². The zero-order chi connectivity index (χ0) is 88.9. The number of allylic oxidation sites excluding steroid dienone is 3. The Morgan fingerprint density at radius 1 is 0.376 bits per heavy atom. The van der Waals surface area contributed by atoms with Gasteiger partial charge in [-0.2, -0.15) is 5.69 Å². The van der Waals surface area contributed by atoms with Gasteiger partial charge < -0.3 is 19.4 Å². The van der Waals surface area contributed by atoms with Gasteiger partial charge in [-0.25, -0.2) is 9.59 Å². The van der Waals surface area contributed by atoms with Gasteiger partial charge in [0.05, 0.1) is 35.9 Å². The molecule has 4 heterocycles. The Hall–Kier alpha value is -5.25. The van der Waals surface area contributed by atoms with Crippen LogP contribution in [0.4, 0.5) is 0 Å². The first-order chi connectivity index (χ1) is 59.2. The first kappa shape index (κ1) is 98.8. The quantitative estimate of drug-likeness (QED) is 0.0647. The molecule has 0 spiro atoms. The summed E-state index contributed by atoms with van der Waals surface area (Å²) in [6.45, 7) is 57.5. The minimum absolute atomic E-state index is 0. The maximum atomic E-state index is 15.0. The Kier molecular flexibility index (Phi) is 34.3. The molecule has 16 unspecified atom stereocenters. The molecule has 125 heavy (non-hydrogen) atoms. The van der Waals surface area contributed by atoms with E-state index < -0.39 is 0 Å². The number of esters is 2. The van der Waals surface area contributed by atoms with Crippen LogP contribution in [0.15, 0.2) is 98.8 Å². The smallest absolute Gasteiger partial charge is 0.660 e. The molecule has 0 saturated heterocycles. The molecule has 8 fully saturated rings. The van der Waals surface area contributed by atoms with Crippen LogP contribution in [0.3, 0.4) is 0 Å². The Balaban J connectivity index is 0.000000226. The summed E-state index contributed by atoms with van der Waals surface area (Å²) < 4.78 is 12.4. The van der Waals surface area contributed by atoms with Crippen molar-refractivity contribution in [3.63, 3.8) is 0 Å². The van der Waals surface area contributed by atoms with Crippen molar-refractivity contribution in [1.82, 2.24) is 9.97 Å². The molecule has 16 atom stereocenters. The summed E-state index contributed by atoms with van der Waals surface area (Å²) in [5.74, 6) is 11.4. The van der Waals surface area contributed by atoms with Gasteiger partial charge in [-0.05, 0) is 314 Å². The van der Waals surface area contributed by atoms with E-state index >= 15 is 9.59 Å². The number of aliphatic imine (C=N–C) groups is 2. The van der Waals surface area contributed by atoms with Gasteiger partial charge in [0, 0.05) is 23.1 Å². The van der Waals surface area contributed by atoms with Crippen molar-refractivity contribution in [3.8, 4) is 0 Å². The molecular formula is C116H174CoN4O4. The van der Waals surface area contributed by atoms with E-state index in [9.17, 15) is 0 Å². The van der Waals surface area contributed by atoms with Crippen LogP contribution >= 0.6 is 0 Å². The van der Waals surface area contributed by atoms with Crippen molar-refractivity contribution < 1.29 is 35.8 Å². The number of benzene rings is 2. The minimum atomic E-state index is -0.148. The van der Waals surface area contributed by atoms with Gasteiger partial charge in [-0.3, -0.25) is 9.98 Å². The summed E-state index contributed by atoms with van der Waals surface area (Å²) in [5.41, 5.74) is 23.7. The molecule has 0 N–H and O–H groups in total. The maximum absolute atomic E-state index is 15.0. The summed E-state index contributed by atoms with van der Waals surface area (Å²) in [6.07, 6.45) is 41.9. The molecule has 8 saturated carbocycles. The van der Waals surface area contributed by atoms with Crippen molar-refractivity contribution in [3.05, 3.63) is 151 Å². The third-order valence-electron chi connectivity index (χ3n) is 34.1. The van der Waals surface area contributed by atoms with E-state index in [1.807, 2.05) is 13.8 Å². The fraction of sp³-hybridized carbons (Fsp3) is 0.724. The number of hydrogen-bond donors (Lipinski definition) is 0. The van der Waals surface area contributed by atoms with Crippen molar-refractivity contribution in [1.29, 1.82) is 0 Å². The number of nitrogens with zero attached hydrogens (tertiary/aromatic N) is 4. The fourth-order valence-electron chi connectivity index (χ4n) is 27.3. The molecule has 2 aromatic carbocycles. The van der Waals surface area contributed by atoms with Gasteiger partial charge in [0.2, 0.25) is 0 Å². The van der Waals surface area contributed by atoms with E-state index in [1.54, 1.807) is 0 Å². The largest absolute Gasteiger partial charge is 2.00 e. The fourth-order valence-corrected chi connectivity index (χ4v) is 27.3. The molecule has 8 aliphatic carbocycles. The molecule has 0 amide bonds. The zero-order valence-electron chi connectivity index (χ0n) is 83.4. The number of hydrogen-bond acceptors (Lipinski definition) is 6. The Morgan fingerprint density at radius 3 is 1.18 bits per heavy atom. The molecule has 10 aliphatic rings. The van der Waals surface area contributed by atoms with Gasteiger partial charge in [0.25, 0.3) is 0 Å². The van der Waals surface area contributed by atoms with Crippen molar-refractivity contribution in [2.24, 2.45) is 128 Å². The van der Waals surface area contributed by atoms with Gasteiger partial charge in [-0.1, -0.05) is 315 Å². The molecule has 4 aromatic rings. The maximum Gasteiger partial charge on any atom is 2.00 e. The van der Waals surface area contributed by atoms with Gasteiger partial charge in [0.1, 0.15) is 0 Å². The number of carbonyl (C=O) groups excluding carboxylic acids is 2. The van der Waals surface area contributed by atoms with Crippen LogP contribution in [-0.4, -0.2) is 36.6 Å². The van der Waals surface area contributed by atoms with Crippen molar-refractivity contribution >= 4 is 34.5 Å². The number of ether oxygens (including phenoxy) is 2.